The third kappa shape index (κ3) is 4.26. The standard InChI is InChI=1S/C22H23N3O2/c1-14-8-9-20(27-4)18(12-14)24-17-10-11-23-19(13-17)22(26)25-21-15(2)6-5-7-16(21)3/h5-13H,1-4H3,(H,23,24)(H,25,26). The van der Waals surface area contributed by atoms with Crippen molar-refractivity contribution < 1.29 is 9.53 Å². The maximum Gasteiger partial charge on any atom is 0.274 e. The average Bonchev–Trinajstić information content (AvgIpc) is 2.65. The van der Waals surface area contributed by atoms with Crippen LogP contribution in [0.25, 0.3) is 0 Å². The summed E-state index contributed by atoms with van der Waals surface area (Å²) in [5, 5.41) is 6.26. The molecule has 0 saturated carbocycles. The number of hydrogen-bond donors (Lipinski definition) is 2. The number of ether oxygens (including phenoxy) is 1. The lowest BCUT2D eigenvalue weighted by Gasteiger charge is -2.13. The molecule has 0 radical (unpaired) electrons. The molecule has 27 heavy (non-hydrogen) atoms. The van der Waals surface area contributed by atoms with E-state index in [4.69, 9.17) is 4.74 Å². The summed E-state index contributed by atoms with van der Waals surface area (Å²) in [7, 11) is 1.63. The molecule has 3 aromatic rings. The van der Waals surface area contributed by atoms with Crippen molar-refractivity contribution in [3.63, 3.8) is 0 Å². The van der Waals surface area contributed by atoms with Gasteiger partial charge >= 0.3 is 0 Å². The molecule has 0 atom stereocenters. The number of amides is 1. The molecule has 0 aliphatic rings. The fraction of sp³-hybridized carbons (Fsp3) is 0.182. The van der Waals surface area contributed by atoms with Crippen LogP contribution in [0, 0.1) is 20.8 Å². The second kappa shape index (κ2) is 7.91. The third-order valence-electron chi connectivity index (χ3n) is 4.35. The van der Waals surface area contributed by atoms with Gasteiger partial charge in [0.25, 0.3) is 5.91 Å². The molecular formula is C22H23N3O2. The maximum atomic E-state index is 12.7. The maximum absolute atomic E-state index is 12.7. The summed E-state index contributed by atoms with van der Waals surface area (Å²) in [4.78, 5) is 16.9. The molecule has 0 saturated heterocycles. The molecule has 0 spiro atoms. The Morgan fingerprint density at radius 2 is 1.74 bits per heavy atom. The van der Waals surface area contributed by atoms with Crippen molar-refractivity contribution in [1.29, 1.82) is 0 Å². The highest BCUT2D eigenvalue weighted by molar-refractivity contribution is 6.04. The van der Waals surface area contributed by atoms with E-state index >= 15 is 0 Å². The third-order valence-corrected chi connectivity index (χ3v) is 4.35. The molecule has 0 aliphatic carbocycles. The average molecular weight is 361 g/mol. The summed E-state index contributed by atoms with van der Waals surface area (Å²) in [5.74, 6) is 0.492. The van der Waals surface area contributed by atoms with Crippen LogP contribution in [0.1, 0.15) is 27.2 Å². The first-order chi connectivity index (χ1) is 13.0. The van der Waals surface area contributed by atoms with Crippen molar-refractivity contribution in [2.24, 2.45) is 0 Å². The number of nitrogens with zero attached hydrogens (tertiary/aromatic N) is 1. The van der Waals surface area contributed by atoms with E-state index < -0.39 is 0 Å². The molecule has 0 aliphatic heterocycles. The van der Waals surface area contributed by atoms with Crippen LogP contribution in [0.4, 0.5) is 17.1 Å². The summed E-state index contributed by atoms with van der Waals surface area (Å²) in [5.41, 5.74) is 5.91. The highest BCUT2D eigenvalue weighted by Gasteiger charge is 2.12. The Kier molecular flexibility index (Phi) is 5.41. The number of pyridine rings is 1. The zero-order valence-corrected chi connectivity index (χ0v) is 16.0. The van der Waals surface area contributed by atoms with Crippen LogP contribution in [0.3, 0.4) is 0 Å². The Bertz CT molecular complexity index is 963. The van der Waals surface area contributed by atoms with Crippen molar-refractivity contribution in [1.82, 2.24) is 4.98 Å². The first-order valence-corrected chi connectivity index (χ1v) is 8.73. The summed E-state index contributed by atoms with van der Waals surface area (Å²) < 4.78 is 5.40. The van der Waals surface area contributed by atoms with Crippen molar-refractivity contribution in [2.75, 3.05) is 17.7 Å². The topological polar surface area (TPSA) is 63.2 Å². The van der Waals surface area contributed by atoms with E-state index in [0.717, 1.165) is 39.5 Å². The molecule has 138 valence electrons. The van der Waals surface area contributed by atoms with Gasteiger partial charge in [0.05, 0.1) is 12.8 Å². The molecule has 5 nitrogen and oxygen atoms in total. The SMILES string of the molecule is COc1ccc(C)cc1Nc1ccnc(C(=O)Nc2c(C)cccc2C)c1. The summed E-state index contributed by atoms with van der Waals surface area (Å²) >= 11 is 0. The number of aryl methyl sites for hydroxylation is 3. The minimum Gasteiger partial charge on any atom is -0.495 e. The van der Waals surface area contributed by atoms with Crippen LogP contribution in [0.15, 0.2) is 54.7 Å². The van der Waals surface area contributed by atoms with Crippen LogP contribution < -0.4 is 15.4 Å². The van der Waals surface area contributed by atoms with Gasteiger partial charge in [-0.1, -0.05) is 24.3 Å². The van der Waals surface area contributed by atoms with E-state index in [-0.39, 0.29) is 5.91 Å². The van der Waals surface area contributed by atoms with Crippen molar-refractivity contribution in [2.45, 2.75) is 20.8 Å². The van der Waals surface area contributed by atoms with E-state index in [9.17, 15) is 4.79 Å². The molecule has 3 rings (SSSR count). The predicted molar refractivity (Wildman–Crippen MR) is 109 cm³/mol. The number of aromatic nitrogens is 1. The Labute approximate surface area is 159 Å². The van der Waals surface area contributed by atoms with Gasteiger partial charge in [0.1, 0.15) is 11.4 Å². The number of nitrogens with one attached hydrogen (secondary N) is 2. The van der Waals surface area contributed by atoms with Crippen LogP contribution in [-0.2, 0) is 0 Å². The van der Waals surface area contributed by atoms with Gasteiger partial charge in [0, 0.05) is 17.6 Å². The number of carbonyl (C=O) groups is 1. The Balaban J connectivity index is 1.83. The number of hydrogen-bond acceptors (Lipinski definition) is 4. The van der Waals surface area contributed by atoms with Gasteiger partial charge < -0.3 is 15.4 Å². The van der Waals surface area contributed by atoms with Gasteiger partial charge in [0.15, 0.2) is 0 Å². The van der Waals surface area contributed by atoms with Gasteiger partial charge in [-0.3, -0.25) is 9.78 Å². The highest BCUT2D eigenvalue weighted by Crippen LogP contribution is 2.29. The van der Waals surface area contributed by atoms with Crippen molar-refractivity contribution in [3.8, 4) is 5.75 Å². The number of benzene rings is 2. The lowest BCUT2D eigenvalue weighted by molar-refractivity contribution is 0.102. The van der Waals surface area contributed by atoms with Gasteiger partial charge in [-0.2, -0.15) is 0 Å². The van der Waals surface area contributed by atoms with E-state index in [0.29, 0.717) is 5.69 Å². The number of para-hydroxylation sites is 1. The number of anilines is 3. The zero-order chi connectivity index (χ0) is 19.4. The smallest absolute Gasteiger partial charge is 0.274 e. The molecule has 0 bridgehead atoms. The van der Waals surface area contributed by atoms with Gasteiger partial charge in [-0.15, -0.1) is 0 Å². The van der Waals surface area contributed by atoms with Crippen LogP contribution in [0.2, 0.25) is 0 Å². The van der Waals surface area contributed by atoms with Crippen LogP contribution in [0.5, 0.6) is 5.75 Å². The molecule has 0 unspecified atom stereocenters. The molecule has 5 heteroatoms. The first kappa shape index (κ1) is 18.5. The minimum atomic E-state index is -0.243. The number of carbonyl (C=O) groups excluding carboxylic acids is 1. The number of methoxy groups -OCH3 is 1. The fourth-order valence-electron chi connectivity index (χ4n) is 2.90. The molecular weight excluding hydrogens is 338 g/mol. The van der Waals surface area contributed by atoms with Crippen molar-refractivity contribution in [3.05, 3.63) is 77.1 Å². The largest absolute Gasteiger partial charge is 0.495 e. The van der Waals surface area contributed by atoms with E-state index in [1.165, 1.54) is 0 Å². The minimum absolute atomic E-state index is 0.243. The van der Waals surface area contributed by atoms with Gasteiger partial charge in [0.2, 0.25) is 0 Å². The summed E-state index contributed by atoms with van der Waals surface area (Å²) in [6.07, 6.45) is 1.62. The Morgan fingerprint density at radius 1 is 1.00 bits per heavy atom. The van der Waals surface area contributed by atoms with Crippen LogP contribution in [-0.4, -0.2) is 18.0 Å². The monoisotopic (exact) mass is 361 g/mol. The fourth-order valence-corrected chi connectivity index (χ4v) is 2.90. The normalized spacial score (nSPS) is 10.4. The lowest BCUT2D eigenvalue weighted by atomic mass is 10.1. The summed E-state index contributed by atoms with van der Waals surface area (Å²) in [6, 6.07) is 15.3. The molecule has 1 heterocycles. The zero-order valence-electron chi connectivity index (χ0n) is 16.0. The van der Waals surface area contributed by atoms with E-state index in [1.54, 1.807) is 19.4 Å². The van der Waals surface area contributed by atoms with Crippen molar-refractivity contribution >= 4 is 23.0 Å². The quantitative estimate of drug-likeness (QED) is 0.670. The molecule has 2 N–H and O–H groups in total. The van der Waals surface area contributed by atoms with Gasteiger partial charge in [-0.25, -0.2) is 0 Å². The predicted octanol–water partition coefficient (Wildman–Crippen LogP) is 5.01. The lowest BCUT2D eigenvalue weighted by Crippen LogP contribution is -2.15. The van der Waals surface area contributed by atoms with E-state index in [2.05, 4.69) is 15.6 Å². The summed E-state index contributed by atoms with van der Waals surface area (Å²) in [6.45, 7) is 5.95. The van der Waals surface area contributed by atoms with Gasteiger partial charge in [-0.05, 0) is 61.7 Å². The van der Waals surface area contributed by atoms with E-state index in [1.807, 2.05) is 63.2 Å². The molecule has 1 aromatic heterocycles. The van der Waals surface area contributed by atoms with Crippen LogP contribution >= 0.6 is 0 Å². The Morgan fingerprint density at radius 3 is 2.44 bits per heavy atom. The number of rotatable bonds is 5. The molecule has 1 amide bonds. The molecule has 0 fully saturated rings. The Hall–Kier alpha value is -3.34. The first-order valence-electron chi connectivity index (χ1n) is 8.73. The second-order valence-corrected chi connectivity index (χ2v) is 6.48. The highest BCUT2D eigenvalue weighted by atomic mass is 16.5. The second-order valence-electron chi connectivity index (χ2n) is 6.48. The molecule has 2 aromatic carbocycles.